The fourth-order valence-electron chi connectivity index (χ4n) is 1.70. The average Bonchev–Trinajstić information content (AvgIpc) is 2.16. The van der Waals surface area contributed by atoms with Gasteiger partial charge < -0.3 is 5.32 Å². The summed E-state index contributed by atoms with van der Waals surface area (Å²) in [5, 5.41) is 11.4. The third-order valence-electron chi connectivity index (χ3n) is 2.39. The second kappa shape index (κ2) is 3.15. The summed E-state index contributed by atoms with van der Waals surface area (Å²) < 4.78 is 0. The molecule has 1 N–H and O–H groups in total. The molecule has 3 heteroatoms. The van der Waals surface area contributed by atoms with Gasteiger partial charge in [0.25, 0.3) is 5.91 Å². The molecular weight excluding hydrogens is 176 g/mol. The maximum Gasteiger partial charge on any atom is 0.252 e. The summed E-state index contributed by atoms with van der Waals surface area (Å²) in [7, 11) is 0. The molecule has 1 aromatic carbocycles. The van der Waals surface area contributed by atoms with E-state index in [0.29, 0.717) is 12.0 Å². The molecule has 14 heavy (non-hydrogen) atoms. The number of carbonyl (C=O) groups is 1. The fraction of sp³-hybridized carbons (Fsp3) is 0.273. The van der Waals surface area contributed by atoms with Crippen molar-refractivity contribution in [1.29, 1.82) is 5.26 Å². The van der Waals surface area contributed by atoms with Crippen LogP contribution in [-0.2, 0) is 6.42 Å². The van der Waals surface area contributed by atoms with Gasteiger partial charge in [0, 0.05) is 12.0 Å². The van der Waals surface area contributed by atoms with Gasteiger partial charge in [-0.05, 0) is 18.6 Å². The molecule has 70 valence electrons. The Balaban J connectivity index is 2.46. The minimum absolute atomic E-state index is 0.141. The highest BCUT2D eigenvalue weighted by atomic mass is 16.1. The van der Waals surface area contributed by atoms with Crippen LogP contribution < -0.4 is 5.32 Å². The lowest BCUT2D eigenvalue weighted by molar-refractivity contribution is 0.0935. The smallest absolute Gasteiger partial charge is 0.252 e. The van der Waals surface area contributed by atoms with Crippen molar-refractivity contribution < 1.29 is 4.79 Å². The number of rotatable bonds is 0. The quantitative estimate of drug-likeness (QED) is 0.661. The fourth-order valence-corrected chi connectivity index (χ4v) is 1.70. The van der Waals surface area contributed by atoms with Gasteiger partial charge in [0.15, 0.2) is 0 Å². The Morgan fingerprint density at radius 1 is 1.57 bits per heavy atom. The molecule has 1 aliphatic rings. The lowest BCUT2D eigenvalue weighted by Gasteiger charge is -2.20. The number of nitriles is 1. The third-order valence-corrected chi connectivity index (χ3v) is 2.39. The number of benzene rings is 1. The lowest BCUT2D eigenvalue weighted by atomic mass is 9.94. The molecule has 0 saturated heterocycles. The largest absolute Gasteiger partial charge is 0.336 e. The molecule has 1 heterocycles. The van der Waals surface area contributed by atoms with E-state index in [2.05, 4.69) is 11.4 Å². The van der Waals surface area contributed by atoms with Crippen molar-refractivity contribution in [2.45, 2.75) is 19.4 Å². The Labute approximate surface area is 82.4 Å². The van der Waals surface area contributed by atoms with Crippen LogP contribution in [0.1, 0.15) is 21.5 Å². The maximum atomic E-state index is 11.5. The number of aryl methyl sites for hydroxylation is 1. The SMILES string of the molecule is Cc1ccc2c(c1)CC(C#N)NC2=O. The van der Waals surface area contributed by atoms with Crippen LogP contribution in [0.25, 0.3) is 0 Å². The number of fused-ring (bicyclic) bond motifs is 1. The van der Waals surface area contributed by atoms with Crippen LogP contribution in [-0.4, -0.2) is 11.9 Å². The minimum atomic E-state index is -0.378. The molecule has 1 aliphatic heterocycles. The molecule has 1 unspecified atom stereocenters. The van der Waals surface area contributed by atoms with Crippen molar-refractivity contribution in [2.75, 3.05) is 0 Å². The highest BCUT2D eigenvalue weighted by Gasteiger charge is 2.23. The number of amides is 1. The summed E-state index contributed by atoms with van der Waals surface area (Å²) in [4.78, 5) is 11.5. The maximum absolute atomic E-state index is 11.5. The zero-order chi connectivity index (χ0) is 10.1. The van der Waals surface area contributed by atoms with E-state index < -0.39 is 0 Å². The van der Waals surface area contributed by atoms with Gasteiger partial charge in [0.2, 0.25) is 0 Å². The van der Waals surface area contributed by atoms with Crippen molar-refractivity contribution in [3.63, 3.8) is 0 Å². The molecule has 0 spiro atoms. The van der Waals surface area contributed by atoms with Gasteiger partial charge in [-0.25, -0.2) is 0 Å². The molecule has 0 aromatic heterocycles. The second-order valence-electron chi connectivity index (χ2n) is 3.52. The summed E-state index contributed by atoms with van der Waals surface area (Å²) in [6.45, 7) is 1.98. The summed E-state index contributed by atoms with van der Waals surface area (Å²) in [6.07, 6.45) is 0.610. The van der Waals surface area contributed by atoms with Gasteiger partial charge in [-0.15, -0.1) is 0 Å². The van der Waals surface area contributed by atoms with Gasteiger partial charge in [-0.1, -0.05) is 17.7 Å². The van der Waals surface area contributed by atoms with E-state index in [9.17, 15) is 4.79 Å². The van der Waals surface area contributed by atoms with Gasteiger partial charge in [-0.3, -0.25) is 4.79 Å². The molecule has 0 bridgehead atoms. The van der Waals surface area contributed by atoms with Crippen LogP contribution in [0.3, 0.4) is 0 Å². The van der Waals surface area contributed by atoms with E-state index in [1.54, 1.807) is 0 Å². The topological polar surface area (TPSA) is 52.9 Å². The summed E-state index contributed by atoms with van der Waals surface area (Å²) in [6, 6.07) is 7.38. The van der Waals surface area contributed by atoms with Crippen LogP contribution >= 0.6 is 0 Å². The highest BCUT2D eigenvalue weighted by molar-refractivity contribution is 5.97. The first kappa shape index (κ1) is 8.76. The third kappa shape index (κ3) is 1.35. The van der Waals surface area contributed by atoms with Crippen molar-refractivity contribution in [3.8, 4) is 6.07 Å². The predicted octanol–water partition coefficient (Wildman–Crippen LogP) is 1.17. The van der Waals surface area contributed by atoms with E-state index in [1.807, 2.05) is 25.1 Å². The first-order chi connectivity index (χ1) is 6.70. The Kier molecular flexibility index (Phi) is 1.97. The number of hydrogen-bond acceptors (Lipinski definition) is 2. The first-order valence-electron chi connectivity index (χ1n) is 4.50. The first-order valence-corrected chi connectivity index (χ1v) is 4.50. The number of nitrogens with zero attached hydrogens (tertiary/aromatic N) is 1. The van der Waals surface area contributed by atoms with Crippen LogP contribution in [0.5, 0.6) is 0 Å². The molecule has 2 rings (SSSR count). The highest BCUT2D eigenvalue weighted by Crippen LogP contribution is 2.17. The molecule has 0 fully saturated rings. The van der Waals surface area contributed by atoms with Gasteiger partial charge >= 0.3 is 0 Å². The number of carbonyl (C=O) groups excluding carboxylic acids is 1. The molecule has 1 amide bonds. The van der Waals surface area contributed by atoms with Crippen LogP contribution in [0.15, 0.2) is 18.2 Å². The van der Waals surface area contributed by atoms with Crippen molar-refractivity contribution in [2.24, 2.45) is 0 Å². The average molecular weight is 186 g/mol. The van der Waals surface area contributed by atoms with E-state index >= 15 is 0 Å². The van der Waals surface area contributed by atoms with Gasteiger partial charge in [-0.2, -0.15) is 5.26 Å². The van der Waals surface area contributed by atoms with E-state index in [0.717, 1.165) is 11.1 Å². The van der Waals surface area contributed by atoms with Crippen molar-refractivity contribution in [3.05, 3.63) is 34.9 Å². The number of hydrogen-bond donors (Lipinski definition) is 1. The van der Waals surface area contributed by atoms with Gasteiger partial charge in [0.05, 0.1) is 6.07 Å². The zero-order valence-electron chi connectivity index (χ0n) is 7.87. The number of nitrogens with one attached hydrogen (secondary N) is 1. The van der Waals surface area contributed by atoms with E-state index in [4.69, 9.17) is 5.26 Å². The van der Waals surface area contributed by atoms with Crippen molar-refractivity contribution in [1.82, 2.24) is 5.32 Å². The molecular formula is C11H10N2O. The summed E-state index contributed by atoms with van der Waals surface area (Å²) >= 11 is 0. The Hall–Kier alpha value is -1.82. The Bertz CT molecular complexity index is 431. The van der Waals surface area contributed by atoms with Crippen LogP contribution in [0.4, 0.5) is 0 Å². The lowest BCUT2D eigenvalue weighted by Crippen LogP contribution is -2.40. The molecule has 3 nitrogen and oxygen atoms in total. The second-order valence-corrected chi connectivity index (χ2v) is 3.52. The predicted molar refractivity (Wildman–Crippen MR) is 51.8 cm³/mol. The van der Waals surface area contributed by atoms with E-state index in [-0.39, 0.29) is 11.9 Å². The molecule has 1 aromatic rings. The summed E-state index contributed by atoms with van der Waals surface area (Å²) in [5.41, 5.74) is 2.79. The summed E-state index contributed by atoms with van der Waals surface area (Å²) in [5.74, 6) is -0.141. The standard InChI is InChI=1S/C11H10N2O/c1-7-2-3-10-8(4-7)5-9(6-12)13-11(10)14/h2-4,9H,5H2,1H3,(H,13,14). The van der Waals surface area contributed by atoms with E-state index in [1.165, 1.54) is 0 Å². The van der Waals surface area contributed by atoms with Gasteiger partial charge in [0.1, 0.15) is 6.04 Å². The minimum Gasteiger partial charge on any atom is -0.336 e. The Morgan fingerprint density at radius 2 is 2.36 bits per heavy atom. The van der Waals surface area contributed by atoms with Crippen molar-refractivity contribution >= 4 is 5.91 Å². The zero-order valence-corrected chi connectivity index (χ0v) is 7.87. The molecule has 1 atom stereocenters. The molecule has 0 saturated carbocycles. The molecule has 0 aliphatic carbocycles. The monoisotopic (exact) mass is 186 g/mol. The molecule has 0 radical (unpaired) electrons. The van der Waals surface area contributed by atoms with Crippen LogP contribution in [0, 0.1) is 18.3 Å². The Morgan fingerprint density at radius 3 is 3.07 bits per heavy atom. The van der Waals surface area contributed by atoms with Crippen LogP contribution in [0.2, 0.25) is 0 Å². The normalized spacial score (nSPS) is 19.4.